The number of aryl methyl sites for hydroxylation is 1. The van der Waals surface area contributed by atoms with Gasteiger partial charge in [-0.1, -0.05) is 30.3 Å². The van der Waals surface area contributed by atoms with E-state index < -0.39 is 0 Å². The van der Waals surface area contributed by atoms with Crippen LogP contribution in [-0.4, -0.2) is 12.5 Å². The van der Waals surface area contributed by atoms with E-state index in [0.29, 0.717) is 6.54 Å². The van der Waals surface area contributed by atoms with Crippen LogP contribution in [0.2, 0.25) is 0 Å². The Bertz CT molecular complexity index is 588. The lowest BCUT2D eigenvalue weighted by atomic mass is 9.94. The van der Waals surface area contributed by atoms with E-state index in [1.807, 2.05) is 18.2 Å². The Morgan fingerprint density at radius 3 is 2.80 bits per heavy atom. The van der Waals surface area contributed by atoms with E-state index in [9.17, 15) is 4.79 Å². The van der Waals surface area contributed by atoms with E-state index >= 15 is 0 Å². The van der Waals surface area contributed by atoms with Crippen LogP contribution in [0.25, 0.3) is 0 Å². The smallest absolute Gasteiger partial charge is 0.261 e. The topological polar surface area (TPSA) is 29.1 Å². The molecule has 0 fully saturated rings. The van der Waals surface area contributed by atoms with Crippen molar-refractivity contribution < 1.29 is 4.79 Å². The molecule has 1 aliphatic carbocycles. The summed E-state index contributed by atoms with van der Waals surface area (Å²) in [5, 5.41) is 5.22. The Morgan fingerprint density at radius 2 is 1.95 bits per heavy atom. The first kappa shape index (κ1) is 13.4. The van der Waals surface area contributed by atoms with Gasteiger partial charge in [-0.25, -0.2) is 0 Å². The highest BCUT2D eigenvalue weighted by Gasteiger charge is 2.19. The maximum atomic E-state index is 12.3. The third-order valence-electron chi connectivity index (χ3n) is 3.85. The number of amides is 1. The number of hydrogen-bond acceptors (Lipinski definition) is 2. The van der Waals surface area contributed by atoms with Gasteiger partial charge in [0.15, 0.2) is 0 Å². The van der Waals surface area contributed by atoms with Crippen molar-refractivity contribution in [1.82, 2.24) is 5.32 Å². The molecule has 1 heterocycles. The highest BCUT2D eigenvalue weighted by atomic mass is 32.1. The minimum atomic E-state index is 0.106. The van der Waals surface area contributed by atoms with Crippen LogP contribution < -0.4 is 5.32 Å². The number of carbonyl (C=O) groups is 1. The number of rotatable bonds is 4. The summed E-state index contributed by atoms with van der Waals surface area (Å²) < 4.78 is 0. The van der Waals surface area contributed by atoms with Gasteiger partial charge in [0.05, 0.1) is 4.88 Å². The van der Waals surface area contributed by atoms with Gasteiger partial charge in [0.2, 0.25) is 0 Å². The Hall–Kier alpha value is -1.61. The second-order valence-electron chi connectivity index (χ2n) is 5.27. The maximum absolute atomic E-state index is 12.3. The zero-order chi connectivity index (χ0) is 13.8. The fourth-order valence-electron chi connectivity index (χ4n) is 2.76. The van der Waals surface area contributed by atoms with Crippen molar-refractivity contribution in [2.24, 2.45) is 0 Å². The summed E-state index contributed by atoms with van der Waals surface area (Å²) in [6, 6.07) is 10.3. The monoisotopic (exact) mass is 285 g/mol. The van der Waals surface area contributed by atoms with E-state index in [4.69, 9.17) is 0 Å². The quantitative estimate of drug-likeness (QED) is 0.913. The summed E-state index contributed by atoms with van der Waals surface area (Å²) in [4.78, 5) is 13.2. The molecule has 3 rings (SSSR count). The molecule has 0 bridgehead atoms. The summed E-state index contributed by atoms with van der Waals surface area (Å²) in [6.45, 7) is 0.704. The van der Waals surface area contributed by atoms with Gasteiger partial charge in [0.25, 0.3) is 5.91 Å². The van der Waals surface area contributed by atoms with Crippen molar-refractivity contribution in [2.75, 3.05) is 6.54 Å². The lowest BCUT2D eigenvalue weighted by molar-refractivity contribution is 0.0957. The van der Waals surface area contributed by atoms with Crippen molar-refractivity contribution in [2.45, 2.75) is 32.1 Å². The highest BCUT2D eigenvalue weighted by Crippen LogP contribution is 2.29. The highest BCUT2D eigenvalue weighted by molar-refractivity contribution is 7.12. The zero-order valence-corrected chi connectivity index (χ0v) is 12.3. The lowest BCUT2D eigenvalue weighted by Crippen LogP contribution is -2.26. The molecule has 1 aromatic carbocycles. The number of carbonyl (C=O) groups excluding carboxylic acids is 1. The molecule has 0 radical (unpaired) electrons. The fourth-order valence-corrected chi connectivity index (χ4v) is 3.83. The van der Waals surface area contributed by atoms with E-state index in [0.717, 1.165) is 24.1 Å². The van der Waals surface area contributed by atoms with Crippen molar-refractivity contribution >= 4 is 17.2 Å². The first-order valence-corrected chi connectivity index (χ1v) is 8.14. The maximum Gasteiger partial charge on any atom is 0.261 e. The minimum Gasteiger partial charge on any atom is -0.351 e. The molecule has 1 aliphatic rings. The second-order valence-corrected chi connectivity index (χ2v) is 6.15. The average molecular weight is 285 g/mol. The summed E-state index contributed by atoms with van der Waals surface area (Å²) in [5.41, 5.74) is 3.97. The Morgan fingerprint density at radius 1 is 1.15 bits per heavy atom. The van der Waals surface area contributed by atoms with E-state index in [1.165, 1.54) is 29.5 Å². The molecule has 1 amide bonds. The standard InChI is InChI=1S/C17H19NOS/c19-17(18-11-10-13-6-2-1-3-7-13)16-15-9-5-4-8-14(15)12-20-16/h1-3,6-7,12H,4-5,8-11H2,(H,18,19). The Kier molecular flexibility index (Phi) is 4.16. The lowest BCUT2D eigenvalue weighted by Gasteiger charge is -2.12. The summed E-state index contributed by atoms with van der Waals surface area (Å²) in [5.74, 6) is 0.106. The fraction of sp³-hybridized carbons (Fsp3) is 0.353. The van der Waals surface area contributed by atoms with Crippen LogP contribution in [0.5, 0.6) is 0 Å². The molecule has 1 aromatic heterocycles. The molecule has 0 unspecified atom stereocenters. The molecule has 0 spiro atoms. The average Bonchev–Trinajstić information content (AvgIpc) is 2.92. The zero-order valence-electron chi connectivity index (χ0n) is 11.5. The molecule has 0 atom stereocenters. The van der Waals surface area contributed by atoms with Gasteiger partial charge in [0.1, 0.15) is 0 Å². The van der Waals surface area contributed by atoms with Crippen LogP contribution >= 0.6 is 11.3 Å². The minimum absolute atomic E-state index is 0.106. The molecule has 3 heteroatoms. The second kappa shape index (κ2) is 6.23. The molecule has 1 N–H and O–H groups in total. The van der Waals surface area contributed by atoms with E-state index in [1.54, 1.807) is 11.3 Å². The van der Waals surface area contributed by atoms with Crippen LogP contribution in [0.3, 0.4) is 0 Å². The molecule has 2 nitrogen and oxygen atoms in total. The number of benzene rings is 1. The van der Waals surface area contributed by atoms with Gasteiger partial charge in [-0.3, -0.25) is 4.79 Å². The van der Waals surface area contributed by atoms with Crippen LogP contribution in [0.1, 0.15) is 39.2 Å². The van der Waals surface area contributed by atoms with Crippen molar-refractivity contribution in [3.63, 3.8) is 0 Å². The van der Waals surface area contributed by atoms with Crippen LogP contribution in [-0.2, 0) is 19.3 Å². The molecule has 104 valence electrons. The van der Waals surface area contributed by atoms with Crippen molar-refractivity contribution in [3.8, 4) is 0 Å². The van der Waals surface area contributed by atoms with Crippen LogP contribution in [0, 0.1) is 0 Å². The molecule has 0 aliphatic heterocycles. The number of nitrogens with one attached hydrogen (secondary N) is 1. The third-order valence-corrected chi connectivity index (χ3v) is 4.92. The SMILES string of the molecule is O=C(NCCc1ccccc1)c1scc2c1CCCC2. The third kappa shape index (κ3) is 2.93. The molecule has 2 aromatic rings. The van der Waals surface area contributed by atoms with Gasteiger partial charge < -0.3 is 5.32 Å². The van der Waals surface area contributed by atoms with Gasteiger partial charge in [-0.15, -0.1) is 11.3 Å². The summed E-state index contributed by atoms with van der Waals surface area (Å²) >= 11 is 1.61. The van der Waals surface area contributed by atoms with Crippen LogP contribution in [0.15, 0.2) is 35.7 Å². The number of thiophene rings is 1. The first-order chi connectivity index (χ1) is 9.84. The Balaban J connectivity index is 1.58. The van der Waals surface area contributed by atoms with Gasteiger partial charge >= 0.3 is 0 Å². The largest absolute Gasteiger partial charge is 0.351 e. The molecular weight excluding hydrogens is 266 g/mol. The number of fused-ring (bicyclic) bond motifs is 1. The molecule has 20 heavy (non-hydrogen) atoms. The van der Waals surface area contributed by atoms with Gasteiger partial charge in [-0.2, -0.15) is 0 Å². The van der Waals surface area contributed by atoms with Gasteiger partial charge in [0, 0.05) is 6.54 Å². The van der Waals surface area contributed by atoms with Gasteiger partial charge in [-0.05, 0) is 54.2 Å². The van der Waals surface area contributed by atoms with E-state index in [-0.39, 0.29) is 5.91 Å². The first-order valence-electron chi connectivity index (χ1n) is 7.26. The predicted octanol–water partition coefficient (Wildman–Crippen LogP) is 3.60. The normalized spacial score (nSPS) is 13.8. The van der Waals surface area contributed by atoms with Crippen molar-refractivity contribution in [1.29, 1.82) is 0 Å². The van der Waals surface area contributed by atoms with Crippen LogP contribution in [0.4, 0.5) is 0 Å². The summed E-state index contributed by atoms with van der Waals surface area (Å²) in [6.07, 6.45) is 5.58. The molecule has 0 saturated carbocycles. The summed E-state index contributed by atoms with van der Waals surface area (Å²) in [7, 11) is 0. The Labute approximate surface area is 123 Å². The molecular formula is C17H19NOS. The molecule has 0 saturated heterocycles. The van der Waals surface area contributed by atoms with Crippen molar-refractivity contribution in [3.05, 3.63) is 57.3 Å². The predicted molar refractivity (Wildman–Crippen MR) is 83.4 cm³/mol. The van der Waals surface area contributed by atoms with E-state index in [2.05, 4.69) is 22.8 Å². The number of hydrogen-bond donors (Lipinski definition) is 1.